The van der Waals surface area contributed by atoms with Crippen LogP contribution in [0.2, 0.25) is 0 Å². The minimum atomic E-state index is 0.000730. The molecular weight excluding hydrogens is 314 g/mol. The van der Waals surface area contributed by atoms with E-state index in [2.05, 4.69) is 34.5 Å². The molecule has 0 radical (unpaired) electrons. The monoisotopic (exact) mass is 339 g/mol. The highest BCUT2D eigenvalue weighted by molar-refractivity contribution is 5.93. The number of nitrogens with two attached hydrogens (primary N) is 1. The summed E-state index contributed by atoms with van der Waals surface area (Å²) in [5.41, 5.74) is 8.43. The topological polar surface area (TPSA) is 67.6 Å². The third kappa shape index (κ3) is 4.51. The number of benzene rings is 2. The first-order valence-electron chi connectivity index (χ1n) is 8.66. The second kappa shape index (κ2) is 8.03. The van der Waals surface area contributed by atoms with E-state index in [9.17, 15) is 4.79 Å². The first kappa shape index (κ1) is 17.3. The van der Waals surface area contributed by atoms with Gasteiger partial charge in [0.25, 0.3) is 0 Å². The van der Waals surface area contributed by atoms with Crippen molar-refractivity contribution in [2.24, 2.45) is 5.92 Å². The Morgan fingerprint density at radius 3 is 2.80 bits per heavy atom. The van der Waals surface area contributed by atoms with E-state index in [1.54, 1.807) is 19.2 Å². The molecule has 1 aliphatic heterocycles. The molecule has 1 fully saturated rings. The standard InChI is InChI=1S/C20H25N3O2/c1-25-19-10-9-17(12-18(19)21)22-20(24)16-8-5-11-23(14-16)13-15-6-3-2-4-7-15/h2-4,6-7,9-10,12,16H,5,8,11,13-14,21H2,1H3,(H,22,24). The first-order valence-corrected chi connectivity index (χ1v) is 8.66. The number of carbonyl (C=O) groups excluding carboxylic acids is 1. The van der Waals surface area contributed by atoms with Gasteiger partial charge in [0.15, 0.2) is 0 Å². The Balaban J connectivity index is 1.59. The summed E-state index contributed by atoms with van der Waals surface area (Å²) >= 11 is 0. The summed E-state index contributed by atoms with van der Waals surface area (Å²) < 4.78 is 5.15. The summed E-state index contributed by atoms with van der Waals surface area (Å²) in [7, 11) is 1.58. The average molecular weight is 339 g/mol. The fourth-order valence-electron chi connectivity index (χ4n) is 3.31. The van der Waals surface area contributed by atoms with Crippen LogP contribution in [0.25, 0.3) is 0 Å². The predicted octanol–water partition coefficient (Wildman–Crippen LogP) is 3.13. The third-order valence-corrected chi connectivity index (χ3v) is 4.62. The van der Waals surface area contributed by atoms with Crippen molar-refractivity contribution < 1.29 is 9.53 Å². The summed E-state index contributed by atoms with van der Waals surface area (Å²) in [6, 6.07) is 15.7. The molecule has 0 aliphatic carbocycles. The summed E-state index contributed by atoms with van der Waals surface area (Å²) in [5.74, 6) is 0.674. The number of nitrogens with zero attached hydrogens (tertiary/aromatic N) is 1. The Morgan fingerprint density at radius 2 is 2.08 bits per heavy atom. The van der Waals surface area contributed by atoms with Gasteiger partial charge in [-0.2, -0.15) is 0 Å². The van der Waals surface area contributed by atoms with Crippen LogP contribution < -0.4 is 15.8 Å². The van der Waals surface area contributed by atoms with Gasteiger partial charge < -0.3 is 15.8 Å². The van der Waals surface area contributed by atoms with Gasteiger partial charge in [-0.3, -0.25) is 9.69 Å². The summed E-state index contributed by atoms with van der Waals surface area (Å²) in [4.78, 5) is 15.0. The smallest absolute Gasteiger partial charge is 0.228 e. The van der Waals surface area contributed by atoms with Crippen molar-refractivity contribution in [1.29, 1.82) is 0 Å². The molecule has 132 valence electrons. The Kier molecular flexibility index (Phi) is 5.56. The summed E-state index contributed by atoms with van der Waals surface area (Å²) in [6.45, 7) is 2.71. The van der Waals surface area contributed by atoms with Crippen molar-refractivity contribution in [3.63, 3.8) is 0 Å². The molecule has 0 bridgehead atoms. The van der Waals surface area contributed by atoms with Gasteiger partial charge in [-0.1, -0.05) is 30.3 Å². The maximum absolute atomic E-state index is 12.6. The molecule has 2 aromatic rings. The van der Waals surface area contributed by atoms with E-state index in [0.29, 0.717) is 17.1 Å². The number of methoxy groups -OCH3 is 1. The molecule has 3 rings (SSSR count). The number of piperidine rings is 1. The molecule has 5 heteroatoms. The second-order valence-corrected chi connectivity index (χ2v) is 6.51. The van der Waals surface area contributed by atoms with Gasteiger partial charge >= 0.3 is 0 Å². The average Bonchev–Trinajstić information content (AvgIpc) is 2.63. The molecule has 1 aliphatic rings. The number of anilines is 2. The Hall–Kier alpha value is -2.53. The zero-order chi connectivity index (χ0) is 17.6. The number of carbonyl (C=O) groups is 1. The van der Waals surface area contributed by atoms with Crippen molar-refractivity contribution in [2.75, 3.05) is 31.2 Å². The molecule has 25 heavy (non-hydrogen) atoms. The van der Waals surface area contributed by atoms with Crippen LogP contribution in [-0.2, 0) is 11.3 Å². The number of likely N-dealkylation sites (tertiary alicyclic amines) is 1. The molecule has 1 amide bonds. The van der Waals surface area contributed by atoms with Gasteiger partial charge in [0.1, 0.15) is 5.75 Å². The second-order valence-electron chi connectivity index (χ2n) is 6.51. The normalized spacial score (nSPS) is 17.9. The minimum absolute atomic E-state index is 0.000730. The zero-order valence-electron chi connectivity index (χ0n) is 14.6. The number of hydrogen-bond acceptors (Lipinski definition) is 4. The van der Waals surface area contributed by atoms with Crippen molar-refractivity contribution in [2.45, 2.75) is 19.4 Å². The molecule has 1 heterocycles. The SMILES string of the molecule is COc1ccc(NC(=O)C2CCCN(Cc3ccccc3)C2)cc1N. The molecular formula is C20H25N3O2. The molecule has 0 saturated carbocycles. The van der Waals surface area contributed by atoms with E-state index < -0.39 is 0 Å². The lowest BCUT2D eigenvalue weighted by molar-refractivity contribution is -0.121. The van der Waals surface area contributed by atoms with Gasteiger partial charge in [0, 0.05) is 18.8 Å². The van der Waals surface area contributed by atoms with Gasteiger partial charge in [-0.05, 0) is 43.1 Å². The van der Waals surface area contributed by atoms with Gasteiger partial charge in [-0.15, -0.1) is 0 Å². The van der Waals surface area contributed by atoms with Crippen LogP contribution in [0.5, 0.6) is 5.75 Å². The van der Waals surface area contributed by atoms with E-state index in [0.717, 1.165) is 32.5 Å². The predicted molar refractivity (Wildman–Crippen MR) is 100 cm³/mol. The van der Waals surface area contributed by atoms with E-state index in [4.69, 9.17) is 10.5 Å². The third-order valence-electron chi connectivity index (χ3n) is 4.62. The number of nitrogen functional groups attached to an aromatic ring is 1. The van der Waals surface area contributed by atoms with Crippen LogP contribution >= 0.6 is 0 Å². The first-order chi connectivity index (χ1) is 12.2. The highest BCUT2D eigenvalue weighted by atomic mass is 16.5. The molecule has 0 spiro atoms. The Labute approximate surface area is 148 Å². The molecule has 0 aromatic heterocycles. The quantitative estimate of drug-likeness (QED) is 0.821. The molecule has 3 N–H and O–H groups in total. The lowest BCUT2D eigenvalue weighted by Gasteiger charge is -2.32. The fraction of sp³-hybridized carbons (Fsp3) is 0.350. The Morgan fingerprint density at radius 1 is 1.28 bits per heavy atom. The largest absolute Gasteiger partial charge is 0.495 e. The molecule has 1 atom stereocenters. The highest BCUT2D eigenvalue weighted by Crippen LogP contribution is 2.26. The number of hydrogen-bond donors (Lipinski definition) is 2. The molecule has 1 unspecified atom stereocenters. The summed E-state index contributed by atoms with van der Waals surface area (Å²) in [6.07, 6.45) is 1.96. The van der Waals surface area contributed by atoms with Crippen LogP contribution in [0.3, 0.4) is 0 Å². The lowest BCUT2D eigenvalue weighted by atomic mass is 9.96. The fourth-order valence-corrected chi connectivity index (χ4v) is 3.31. The zero-order valence-corrected chi connectivity index (χ0v) is 14.6. The van der Waals surface area contributed by atoms with Gasteiger partial charge in [0.05, 0.1) is 18.7 Å². The minimum Gasteiger partial charge on any atom is -0.495 e. The highest BCUT2D eigenvalue weighted by Gasteiger charge is 2.26. The van der Waals surface area contributed by atoms with Gasteiger partial charge in [-0.25, -0.2) is 0 Å². The van der Waals surface area contributed by atoms with Crippen molar-refractivity contribution in [1.82, 2.24) is 4.90 Å². The van der Waals surface area contributed by atoms with Crippen LogP contribution in [0.1, 0.15) is 18.4 Å². The van der Waals surface area contributed by atoms with E-state index >= 15 is 0 Å². The Bertz CT molecular complexity index is 718. The number of ether oxygens (including phenoxy) is 1. The van der Waals surface area contributed by atoms with Gasteiger partial charge in [0.2, 0.25) is 5.91 Å². The number of amides is 1. The van der Waals surface area contributed by atoms with Crippen molar-refractivity contribution >= 4 is 17.3 Å². The van der Waals surface area contributed by atoms with Crippen LogP contribution in [-0.4, -0.2) is 31.0 Å². The molecule has 2 aromatic carbocycles. The van der Waals surface area contributed by atoms with Crippen LogP contribution in [0.4, 0.5) is 11.4 Å². The lowest BCUT2D eigenvalue weighted by Crippen LogP contribution is -2.40. The maximum atomic E-state index is 12.6. The molecule has 5 nitrogen and oxygen atoms in total. The molecule has 1 saturated heterocycles. The maximum Gasteiger partial charge on any atom is 0.228 e. The summed E-state index contributed by atoms with van der Waals surface area (Å²) in [5, 5.41) is 2.99. The number of nitrogens with one attached hydrogen (secondary N) is 1. The van der Waals surface area contributed by atoms with E-state index in [1.807, 2.05) is 12.1 Å². The van der Waals surface area contributed by atoms with E-state index in [1.165, 1.54) is 5.56 Å². The van der Waals surface area contributed by atoms with Crippen LogP contribution in [0, 0.1) is 5.92 Å². The van der Waals surface area contributed by atoms with Crippen molar-refractivity contribution in [3.05, 3.63) is 54.1 Å². The van der Waals surface area contributed by atoms with E-state index in [-0.39, 0.29) is 11.8 Å². The van der Waals surface area contributed by atoms with Crippen LogP contribution in [0.15, 0.2) is 48.5 Å². The van der Waals surface area contributed by atoms with Crippen molar-refractivity contribution in [3.8, 4) is 5.75 Å². The number of rotatable bonds is 5.